The number of benzene rings is 1. The molecule has 1 atom stereocenters. The molecule has 22 heavy (non-hydrogen) atoms. The standard InChI is InChI=1S/C16H18N2O4/c19-15(12-2-1-7-18(12)16(20)10-3-4-10)17-11-5-6-13-14(8-11)22-9-21-13/h5-6,8,10,12H,1-4,7,9H2,(H,17,19). The molecule has 0 aromatic heterocycles. The molecule has 6 heteroatoms. The number of rotatable bonds is 3. The van der Waals surface area contributed by atoms with Crippen molar-refractivity contribution < 1.29 is 19.1 Å². The van der Waals surface area contributed by atoms with Crippen LogP contribution in [0.2, 0.25) is 0 Å². The zero-order valence-electron chi connectivity index (χ0n) is 12.2. The number of likely N-dealkylation sites (tertiary alicyclic amines) is 1. The Morgan fingerprint density at radius 2 is 1.95 bits per heavy atom. The van der Waals surface area contributed by atoms with E-state index in [1.807, 2.05) is 0 Å². The second kappa shape index (κ2) is 5.19. The average molecular weight is 302 g/mol. The van der Waals surface area contributed by atoms with E-state index in [9.17, 15) is 9.59 Å². The van der Waals surface area contributed by atoms with Crippen LogP contribution in [0.25, 0.3) is 0 Å². The molecule has 1 saturated carbocycles. The Balaban J connectivity index is 1.46. The molecule has 1 N–H and O–H groups in total. The monoisotopic (exact) mass is 302 g/mol. The smallest absolute Gasteiger partial charge is 0.247 e. The minimum absolute atomic E-state index is 0.120. The number of carbonyl (C=O) groups is 2. The van der Waals surface area contributed by atoms with E-state index in [2.05, 4.69) is 5.32 Å². The first-order valence-corrected chi connectivity index (χ1v) is 7.73. The molecule has 6 nitrogen and oxygen atoms in total. The molecule has 1 saturated heterocycles. The summed E-state index contributed by atoms with van der Waals surface area (Å²) in [7, 11) is 0. The zero-order chi connectivity index (χ0) is 15.1. The molecule has 2 amide bonds. The number of fused-ring (bicyclic) bond motifs is 1. The fourth-order valence-corrected chi connectivity index (χ4v) is 3.07. The Hall–Kier alpha value is -2.24. The third-order valence-corrected chi connectivity index (χ3v) is 4.41. The van der Waals surface area contributed by atoms with Gasteiger partial charge in [-0.05, 0) is 37.8 Å². The normalized spacial score (nSPS) is 22.7. The molecule has 0 radical (unpaired) electrons. The second-order valence-corrected chi connectivity index (χ2v) is 6.02. The second-order valence-electron chi connectivity index (χ2n) is 6.02. The first-order chi connectivity index (χ1) is 10.7. The highest BCUT2D eigenvalue weighted by Gasteiger charge is 2.40. The van der Waals surface area contributed by atoms with Gasteiger partial charge in [-0.3, -0.25) is 9.59 Å². The van der Waals surface area contributed by atoms with Gasteiger partial charge in [0.2, 0.25) is 18.6 Å². The fraction of sp³-hybridized carbons (Fsp3) is 0.500. The number of anilines is 1. The molecule has 1 aliphatic carbocycles. The molecule has 0 spiro atoms. The van der Waals surface area contributed by atoms with Crippen LogP contribution in [0.15, 0.2) is 18.2 Å². The fourth-order valence-electron chi connectivity index (χ4n) is 3.07. The van der Waals surface area contributed by atoms with Gasteiger partial charge in [0.25, 0.3) is 0 Å². The quantitative estimate of drug-likeness (QED) is 0.923. The molecule has 1 aromatic rings. The molecular formula is C16H18N2O4. The highest BCUT2D eigenvalue weighted by Crippen LogP contribution is 2.35. The third-order valence-electron chi connectivity index (χ3n) is 4.41. The molecule has 0 bridgehead atoms. The summed E-state index contributed by atoms with van der Waals surface area (Å²) >= 11 is 0. The van der Waals surface area contributed by atoms with Crippen LogP contribution in [0, 0.1) is 5.92 Å². The van der Waals surface area contributed by atoms with Gasteiger partial charge in [-0.15, -0.1) is 0 Å². The topological polar surface area (TPSA) is 67.9 Å². The van der Waals surface area contributed by atoms with Crippen molar-refractivity contribution in [1.82, 2.24) is 4.90 Å². The molecule has 3 aliphatic rings. The number of hydrogen-bond donors (Lipinski definition) is 1. The van der Waals surface area contributed by atoms with Gasteiger partial charge < -0.3 is 19.7 Å². The Kier molecular flexibility index (Phi) is 3.17. The van der Waals surface area contributed by atoms with Crippen LogP contribution in [0.4, 0.5) is 5.69 Å². The van der Waals surface area contributed by atoms with Gasteiger partial charge in [-0.1, -0.05) is 0 Å². The number of amides is 2. The summed E-state index contributed by atoms with van der Waals surface area (Å²) in [5.74, 6) is 1.49. The number of nitrogens with zero attached hydrogens (tertiary/aromatic N) is 1. The third kappa shape index (κ3) is 2.38. The number of ether oxygens (including phenoxy) is 2. The van der Waals surface area contributed by atoms with E-state index in [-0.39, 0.29) is 30.6 Å². The Labute approximate surface area is 128 Å². The summed E-state index contributed by atoms with van der Waals surface area (Å²) in [6.45, 7) is 0.896. The molecule has 2 aliphatic heterocycles. The van der Waals surface area contributed by atoms with Gasteiger partial charge in [0, 0.05) is 24.2 Å². The van der Waals surface area contributed by atoms with Crippen LogP contribution < -0.4 is 14.8 Å². The van der Waals surface area contributed by atoms with Gasteiger partial charge in [-0.25, -0.2) is 0 Å². The van der Waals surface area contributed by atoms with E-state index >= 15 is 0 Å². The van der Waals surface area contributed by atoms with Crippen molar-refractivity contribution in [1.29, 1.82) is 0 Å². The maximum atomic E-state index is 12.5. The lowest BCUT2D eigenvalue weighted by Crippen LogP contribution is -2.43. The van der Waals surface area contributed by atoms with Gasteiger partial charge in [-0.2, -0.15) is 0 Å². The molecule has 116 valence electrons. The Bertz CT molecular complexity index is 627. The lowest BCUT2D eigenvalue weighted by Gasteiger charge is -2.24. The van der Waals surface area contributed by atoms with Crippen LogP contribution in [-0.2, 0) is 9.59 Å². The lowest BCUT2D eigenvalue weighted by molar-refractivity contribution is -0.137. The Morgan fingerprint density at radius 3 is 2.77 bits per heavy atom. The van der Waals surface area contributed by atoms with E-state index in [1.165, 1.54) is 0 Å². The maximum absolute atomic E-state index is 12.5. The highest BCUT2D eigenvalue weighted by atomic mass is 16.7. The minimum Gasteiger partial charge on any atom is -0.454 e. The molecular weight excluding hydrogens is 284 g/mol. The highest BCUT2D eigenvalue weighted by molar-refractivity contribution is 5.98. The first kappa shape index (κ1) is 13.4. The Morgan fingerprint density at radius 1 is 1.14 bits per heavy atom. The van der Waals surface area contributed by atoms with Crippen LogP contribution in [0.3, 0.4) is 0 Å². The molecule has 1 unspecified atom stereocenters. The largest absolute Gasteiger partial charge is 0.454 e. The average Bonchev–Trinajstić information content (AvgIpc) is 3.07. The summed E-state index contributed by atoms with van der Waals surface area (Å²) in [5, 5.41) is 2.89. The van der Waals surface area contributed by atoms with Crippen molar-refractivity contribution >= 4 is 17.5 Å². The van der Waals surface area contributed by atoms with Crippen LogP contribution in [-0.4, -0.2) is 36.1 Å². The van der Waals surface area contributed by atoms with E-state index in [1.54, 1.807) is 23.1 Å². The van der Waals surface area contributed by atoms with Gasteiger partial charge in [0.1, 0.15) is 6.04 Å². The van der Waals surface area contributed by atoms with Crippen molar-refractivity contribution in [2.75, 3.05) is 18.7 Å². The minimum atomic E-state index is -0.349. The number of hydrogen-bond acceptors (Lipinski definition) is 4. The van der Waals surface area contributed by atoms with Gasteiger partial charge in [0.05, 0.1) is 0 Å². The summed E-state index contributed by atoms with van der Waals surface area (Å²) in [6, 6.07) is 4.97. The predicted molar refractivity (Wildman–Crippen MR) is 78.7 cm³/mol. The predicted octanol–water partition coefficient (Wildman–Crippen LogP) is 1.75. The first-order valence-electron chi connectivity index (χ1n) is 7.73. The number of carbonyl (C=O) groups excluding carboxylic acids is 2. The van der Waals surface area contributed by atoms with Crippen LogP contribution >= 0.6 is 0 Å². The van der Waals surface area contributed by atoms with Crippen LogP contribution in [0.5, 0.6) is 11.5 Å². The van der Waals surface area contributed by atoms with Crippen molar-refractivity contribution in [2.45, 2.75) is 31.7 Å². The van der Waals surface area contributed by atoms with E-state index < -0.39 is 0 Å². The summed E-state index contributed by atoms with van der Waals surface area (Å²) in [6.07, 6.45) is 3.55. The summed E-state index contributed by atoms with van der Waals surface area (Å²) in [4.78, 5) is 26.5. The number of nitrogens with one attached hydrogen (secondary N) is 1. The maximum Gasteiger partial charge on any atom is 0.247 e. The summed E-state index contributed by atoms with van der Waals surface area (Å²) < 4.78 is 10.6. The zero-order valence-corrected chi connectivity index (χ0v) is 12.2. The van der Waals surface area contributed by atoms with Crippen molar-refractivity contribution in [3.05, 3.63) is 18.2 Å². The lowest BCUT2D eigenvalue weighted by atomic mass is 10.2. The van der Waals surface area contributed by atoms with E-state index in [0.717, 1.165) is 25.7 Å². The van der Waals surface area contributed by atoms with Crippen LogP contribution in [0.1, 0.15) is 25.7 Å². The molecule has 2 heterocycles. The molecule has 1 aromatic carbocycles. The van der Waals surface area contributed by atoms with Gasteiger partial charge in [0.15, 0.2) is 11.5 Å². The SMILES string of the molecule is O=C(Nc1ccc2c(c1)OCO2)C1CCCN1C(=O)C1CC1. The van der Waals surface area contributed by atoms with Crippen molar-refractivity contribution in [2.24, 2.45) is 5.92 Å². The summed E-state index contributed by atoms with van der Waals surface area (Å²) in [5.41, 5.74) is 0.667. The molecule has 4 rings (SSSR count). The van der Waals surface area contributed by atoms with Crippen molar-refractivity contribution in [3.8, 4) is 11.5 Å². The van der Waals surface area contributed by atoms with E-state index in [0.29, 0.717) is 23.7 Å². The molecule has 2 fully saturated rings. The van der Waals surface area contributed by atoms with E-state index in [4.69, 9.17) is 9.47 Å². The van der Waals surface area contributed by atoms with Gasteiger partial charge >= 0.3 is 0 Å². The van der Waals surface area contributed by atoms with Crippen molar-refractivity contribution in [3.63, 3.8) is 0 Å².